The zero-order valence-electron chi connectivity index (χ0n) is 15.5. The van der Waals surface area contributed by atoms with Crippen LogP contribution in [0.4, 0.5) is 17.1 Å². The molecule has 1 heterocycles. The quantitative estimate of drug-likeness (QED) is 0.630. The fraction of sp³-hybridized carbons (Fsp3) is 0.182. The standard InChI is InChI=1S/C22H21N3O3/c1-2-28-16-11-9-15(10-12-16)23-20(26)13-19-22(27)25-18-8-4-6-14-5-3-7-17(24-19)21(14)18/h3-12,19,24H,2,13H2,1H3,(H,23,26)(H,25,27)/t19-/m0/s1. The third-order valence-corrected chi connectivity index (χ3v) is 4.65. The minimum atomic E-state index is -0.666. The van der Waals surface area contributed by atoms with Crippen molar-refractivity contribution in [2.24, 2.45) is 0 Å². The zero-order chi connectivity index (χ0) is 19.5. The predicted octanol–water partition coefficient (Wildman–Crippen LogP) is 4.00. The molecule has 6 nitrogen and oxygen atoms in total. The van der Waals surface area contributed by atoms with E-state index in [1.807, 2.05) is 43.3 Å². The van der Waals surface area contributed by atoms with Crippen LogP contribution in [-0.4, -0.2) is 24.5 Å². The van der Waals surface area contributed by atoms with Crippen LogP contribution in [0.2, 0.25) is 0 Å². The van der Waals surface area contributed by atoms with Crippen molar-refractivity contribution in [2.75, 3.05) is 22.6 Å². The molecule has 0 saturated carbocycles. The number of hydrogen-bond acceptors (Lipinski definition) is 4. The number of benzene rings is 3. The molecule has 4 rings (SSSR count). The summed E-state index contributed by atoms with van der Waals surface area (Å²) >= 11 is 0. The molecular weight excluding hydrogens is 354 g/mol. The Labute approximate surface area is 162 Å². The van der Waals surface area contributed by atoms with Gasteiger partial charge in [0.25, 0.3) is 0 Å². The van der Waals surface area contributed by atoms with Crippen molar-refractivity contribution >= 4 is 39.6 Å². The lowest BCUT2D eigenvalue weighted by atomic mass is 10.1. The van der Waals surface area contributed by atoms with Crippen molar-refractivity contribution < 1.29 is 14.3 Å². The summed E-state index contributed by atoms with van der Waals surface area (Å²) in [5, 5.41) is 11.0. The number of carbonyl (C=O) groups excluding carboxylic acids is 2. The molecule has 0 bridgehead atoms. The lowest BCUT2D eigenvalue weighted by Gasteiger charge is -2.16. The maximum Gasteiger partial charge on any atom is 0.247 e. The van der Waals surface area contributed by atoms with Gasteiger partial charge in [-0.1, -0.05) is 24.3 Å². The van der Waals surface area contributed by atoms with E-state index in [0.717, 1.165) is 27.9 Å². The topological polar surface area (TPSA) is 79.5 Å². The Morgan fingerprint density at radius 3 is 2.46 bits per heavy atom. The van der Waals surface area contributed by atoms with Crippen LogP contribution in [0.25, 0.3) is 10.8 Å². The molecule has 3 aromatic rings. The monoisotopic (exact) mass is 375 g/mol. The highest BCUT2D eigenvalue weighted by molar-refractivity contribution is 6.13. The first-order valence-corrected chi connectivity index (χ1v) is 9.26. The molecule has 0 unspecified atom stereocenters. The molecule has 1 atom stereocenters. The van der Waals surface area contributed by atoms with Crippen LogP contribution in [0.5, 0.6) is 5.75 Å². The van der Waals surface area contributed by atoms with Gasteiger partial charge in [0, 0.05) is 16.8 Å². The molecule has 0 fully saturated rings. The Morgan fingerprint density at radius 1 is 1.04 bits per heavy atom. The van der Waals surface area contributed by atoms with Crippen LogP contribution in [0.3, 0.4) is 0 Å². The van der Waals surface area contributed by atoms with Gasteiger partial charge in [-0.2, -0.15) is 0 Å². The van der Waals surface area contributed by atoms with E-state index >= 15 is 0 Å². The molecule has 0 radical (unpaired) electrons. The average Bonchev–Trinajstić information content (AvgIpc) is 2.82. The minimum absolute atomic E-state index is 0.0173. The molecule has 1 aliphatic rings. The smallest absolute Gasteiger partial charge is 0.247 e. The second-order valence-electron chi connectivity index (χ2n) is 6.61. The largest absolute Gasteiger partial charge is 0.494 e. The normalized spacial score (nSPS) is 15.3. The van der Waals surface area contributed by atoms with Gasteiger partial charge in [0.1, 0.15) is 11.8 Å². The third kappa shape index (κ3) is 3.62. The van der Waals surface area contributed by atoms with Gasteiger partial charge in [-0.15, -0.1) is 0 Å². The summed E-state index contributed by atoms with van der Waals surface area (Å²) in [4.78, 5) is 25.2. The number of rotatable bonds is 5. The first-order valence-electron chi connectivity index (χ1n) is 9.26. The van der Waals surface area contributed by atoms with E-state index in [1.54, 1.807) is 24.3 Å². The first-order chi connectivity index (χ1) is 13.6. The van der Waals surface area contributed by atoms with Gasteiger partial charge >= 0.3 is 0 Å². The SMILES string of the molecule is CCOc1ccc(NC(=O)C[C@@H]2Nc3cccc4cccc(c34)NC2=O)cc1. The Balaban J connectivity index is 1.49. The van der Waals surface area contributed by atoms with Crippen molar-refractivity contribution in [3.63, 3.8) is 0 Å². The molecule has 6 heteroatoms. The van der Waals surface area contributed by atoms with Crippen LogP contribution in [0.15, 0.2) is 60.7 Å². The third-order valence-electron chi connectivity index (χ3n) is 4.65. The lowest BCUT2D eigenvalue weighted by molar-refractivity contribution is -0.121. The van der Waals surface area contributed by atoms with E-state index in [1.165, 1.54) is 0 Å². The van der Waals surface area contributed by atoms with Crippen molar-refractivity contribution in [1.82, 2.24) is 0 Å². The number of nitrogens with one attached hydrogen (secondary N) is 3. The molecule has 0 aromatic heterocycles. The van der Waals surface area contributed by atoms with Crippen LogP contribution in [0, 0.1) is 0 Å². The van der Waals surface area contributed by atoms with Gasteiger partial charge in [-0.3, -0.25) is 9.59 Å². The molecule has 3 aromatic carbocycles. The van der Waals surface area contributed by atoms with Crippen molar-refractivity contribution in [2.45, 2.75) is 19.4 Å². The molecule has 1 aliphatic heterocycles. The van der Waals surface area contributed by atoms with Gasteiger partial charge in [0.05, 0.1) is 18.7 Å². The number of ether oxygens (including phenoxy) is 1. The highest BCUT2D eigenvalue weighted by Crippen LogP contribution is 2.33. The maximum absolute atomic E-state index is 12.7. The highest BCUT2D eigenvalue weighted by Gasteiger charge is 2.26. The first kappa shape index (κ1) is 17.9. The number of anilines is 3. The Bertz CT molecular complexity index is 1030. The van der Waals surface area contributed by atoms with E-state index in [9.17, 15) is 9.59 Å². The zero-order valence-corrected chi connectivity index (χ0v) is 15.5. The van der Waals surface area contributed by atoms with Gasteiger partial charge in [0.2, 0.25) is 11.8 Å². The van der Waals surface area contributed by atoms with Gasteiger partial charge in [-0.25, -0.2) is 0 Å². The Hall–Kier alpha value is -3.54. The molecule has 142 valence electrons. The number of amides is 2. The lowest BCUT2D eigenvalue weighted by Crippen LogP contribution is -2.36. The maximum atomic E-state index is 12.7. The summed E-state index contributed by atoms with van der Waals surface area (Å²) in [7, 11) is 0. The van der Waals surface area contributed by atoms with E-state index in [0.29, 0.717) is 12.3 Å². The van der Waals surface area contributed by atoms with Crippen molar-refractivity contribution in [3.8, 4) is 5.75 Å². The fourth-order valence-corrected chi connectivity index (χ4v) is 3.38. The average molecular weight is 375 g/mol. The fourth-order valence-electron chi connectivity index (χ4n) is 3.38. The Kier molecular flexibility index (Phi) is 4.85. The Morgan fingerprint density at radius 2 is 1.75 bits per heavy atom. The number of carbonyl (C=O) groups is 2. The molecule has 2 amide bonds. The highest BCUT2D eigenvalue weighted by atomic mass is 16.5. The molecule has 0 saturated heterocycles. The van der Waals surface area contributed by atoms with Gasteiger partial charge in [0.15, 0.2) is 0 Å². The van der Waals surface area contributed by atoms with E-state index in [4.69, 9.17) is 4.74 Å². The molecular formula is C22H21N3O3. The van der Waals surface area contributed by atoms with Crippen LogP contribution in [-0.2, 0) is 9.59 Å². The second-order valence-corrected chi connectivity index (χ2v) is 6.61. The molecule has 0 aliphatic carbocycles. The molecule has 28 heavy (non-hydrogen) atoms. The second kappa shape index (κ2) is 7.60. The van der Waals surface area contributed by atoms with Crippen LogP contribution < -0.4 is 20.7 Å². The van der Waals surface area contributed by atoms with E-state index in [-0.39, 0.29) is 18.2 Å². The van der Waals surface area contributed by atoms with Crippen molar-refractivity contribution in [3.05, 3.63) is 60.7 Å². The summed E-state index contributed by atoms with van der Waals surface area (Å²) in [6.45, 7) is 2.50. The van der Waals surface area contributed by atoms with E-state index < -0.39 is 6.04 Å². The summed E-state index contributed by atoms with van der Waals surface area (Å²) in [6, 6.07) is 18.1. The summed E-state index contributed by atoms with van der Waals surface area (Å²) < 4.78 is 5.40. The van der Waals surface area contributed by atoms with Gasteiger partial charge < -0.3 is 20.7 Å². The minimum Gasteiger partial charge on any atom is -0.494 e. The predicted molar refractivity (Wildman–Crippen MR) is 111 cm³/mol. The number of hydrogen-bond donors (Lipinski definition) is 3. The van der Waals surface area contributed by atoms with Crippen molar-refractivity contribution in [1.29, 1.82) is 0 Å². The summed E-state index contributed by atoms with van der Waals surface area (Å²) in [6.07, 6.45) is 0.0173. The molecule has 0 spiro atoms. The molecule has 3 N–H and O–H groups in total. The van der Waals surface area contributed by atoms with Crippen LogP contribution >= 0.6 is 0 Å². The summed E-state index contributed by atoms with van der Waals surface area (Å²) in [5.74, 6) is 0.275. The van der Waals surface area contributed by atoms with Gasteiger partial charge in [-0.05, 0) is 48.7 Å². The van der Waals surface area contributed by atoms with E-state index in [2.05, 4.69) is 16.0 Å². The summed E-state index contributed by atoms with van der Waals surface area (Å²) in [5.41, 5.74) is 2.25. The van der Waals surface area contributed by atoms with Crippen LogP contribution in [0.1, 0.15) is 13.3 Å².